The molecular formula is C21H17N3O4S. The molecule has 29 heavy (non-hydrogen) atoms. The predicted molar refractivity (Wildman–Crippen MR) is 108 cm³/mol. The lowest BCUT2D eigenvalue weighted by Crippen LogP contribution is -2.40. The normalized spacial score (nSPS) is 17.0. The summed E-state index contributed by atoms with van der Waals surface area (Å²) in [6.45, 7) is 1.00. The lowest BCUT2D eigenvalue weighted by molar-refractivity contribution is 0.0694. The first-order chi connectivity index (χ1) is 14.2. The van der Waals surface area contributed by atoms with Crippen LogP contribution in [0.2, 0.25) is 0 Å². The van der Waals surface area contributed by atoms with Gasteiger partial charge in [-0.15, -0.1) is 10.2 Å². The first-order valence-corrected chi connectivity index (χ1v) is 10.3. The number of amides is 1. The minimum absolute atomic E-state index is 0.0499. The minimum Gasteiger partial charge on any atom is -0.422 e. The number of carbonyl (C=O) groups is 1. The zero-order valence-corrected chi connectivity index (χ0v) is 16.2. The van der Waals surface area contributed by atoms with Crippen molar-refractivity contribution in [2.24, 2.45) is 0 Å². The summed E-state index contributed by atoms with van der Waals surface area (Å²) >= 11 is 1.56. The molecule has 1 aliphatic rings. The van der Waals surface area contributed by atoms with Gasteiger partial charge in [0.05, 0.1) is 5.92 Å². The van der Waals surface area contributed by atoms with E-state index in [4.69, 9.17) is 8.83 Å². The molecule has 4 heterocycles. The molecule has 1 amide bonds. The van der Waals surface area contributed by atoms with Gasteiger partial charge >= 0.3 is 5.63 Å². The Morgan fingerprint density at radius 1 is 1.17 bits per heavy atom. The fourth-order valence-electron chi connectivity index (χ4n) is 3.65. The fraction of sp³-hybridized carbons (Fsp3) is 0.238. The first-order valence-electron chi connectivity index (χ1n) is 9.37. The van der Waals surface area contributed by atoms with Crippen LogP contribution in [-0.4, -0.2) is 34.1 Å². The number of hydrogen-bond donors (Lipinski definition) is 0. The van der Waals surface area contributed by atoms with E-state index in [1.165, 1.54) is 0 Å². The molecule has 0 aliphatic carbocycles. The highest BCUT2D eigenvalue weighted by Crippen LogP contribution is 2.29. The van der Waals surface area contributed by atoms with Gasteiger partial charge < -0.3 is 13.7 Å². The van der Waals surface area contributed by atoms with Crippen LogP contribution in [0.15, 0.2) is 60.8 Å². The molecule has 1 fully saturated rings. The molecule has 146 valence electrons. The summed E-state index contributed by atoms with van der Waals surface area (Å²) in [6, 6.07) is 10.7. The number of aromatic nitrogens is 2. The van der Waals surface area contributed by atoms with Crippen molar-refractivity contribution in [1.29, 1.82) is 0 Å². The lowest BCUT2D eigenvalue weighted by Gasteiger charge is -2.30. The van der Waals surface area contributed by atoms with Gasteiger partial charge in [0.25, 0.3) is 5.91 Å². The van der Waals surface area contributed by atoms with E-state index in [2.05, 4.69) is 10.2 Å². The molecule has 0 N–H and O–H groups in total. The first kappa shape index (κ1) is 17.8. The summed E-state index contributed by atoms with van der Waals surface area (Å²) in [5, 5.41) is 13.0. The Bertz CT molecular complexity index is 1230. The van der Waals surface area contributed by atoms with E-state index in [0.29, 0.717) is 30.5 Å². The Balaban J connectivity index is 1.39. The second kappa shape index (κ2) is 7.29. The van der Waals surface area contributed by atoms with Crippen LogP contribution in [0.4, 0.5) is 0 Å². The smallest absolute Gasteiger partial charge is 0.349 e. The van der Waals surface area contributed by atoms with Gasteiger partial charge in [-0.05, 0) is 36.4 Å². The molecule has 5 rings (SSSR count). The highest BCUT2D eigenvalue weighted by Gasteiger charge is 2.30. The number of piperidine rings is 1. The number of para-hydroxylation sites is 1. The lowest BCUT2D eigenvalue weighted by atomic mass is 9.97. The Hall–Kier alpha value is -3.26. The van der Waals surface area contributed by atoms with Crippen LogP contribution >= 0.6 is 11.3 Å². The minimum atomic E-state index is -0.617. The van der Waals surface area contributed by atoms with Crippen molar-refractivity contribution >= 4 is 28.2 Å². The van der Waals surface area contributed by atoms with Crippen LogP contribution in [-0.2, 0) is 0 Å². The van der Waals surface area contributed by atoms with Gasteiger partial charge in [0.2, 0.25) is 11.8 Å². The van der Waals surface area contributed by atoms with Gasteiger partial charge in [-0.1, -0.05) is 18.2 Å². The Morgan fingerprint density at radius 3 is 2.93 bits per heavy atom. The van der Waals surface area contributed by atoms with E-state index in [1.54, 1.807) is 34.4 Å². The number of carbonyl (C=O) groups excluding carboxylic acids is 1. The van der Waals surface area contributed by atoms with Crippen LogP contribution in [0.1, 0.15) is 35.0 Å². The summed E-state index contributed by atoms with van der Waals surface area (Å²) < 4.78 is 11.2. The van der Waals surface area contributed by atoms with Gasteiger partial charge in [-0.25, -0.2) is 4.79 Å². The van der Waals surface area contributed by atoms with E-state index in [1.807, 2.05) is 29.0 Å². The third-order valence-corrected chi connectivity index (χ3v) is 5.82. The highest BCUT2D eigenvalue weighted by atomic mass is 32.1. The molecule has 1 aromatic carbocycles. The second-order valence-electron chi connectivity index (χ2n) is 7.03. The van der Waals surface area contributed by atoms with E-state index in [0.717, 1.165) is 23.8 Å². The van der Waals surface area contributed by atoms with Gasteiger partial charge in [0, 0.05) is 29.4 Å². The average Bonchev–Trinajstić information content (AvgIpc) is 3.45. The van der Waals surface area contributed by atoms with Crippen molar-refractivity contribution in [3.63, 3.8) is 0 Å². The highest BCUT2D eigenvalue weighted by molar-refractivity contribution is 7.08. The van der Waals surface area contributed by atoms with Crippen LogP contribution in [0, 0.1) is 0 Å². The summed E-state index contributed by atoms with van der Waals surface area (Å²) in [5.41, 5.74) is 0.797. The number of rotatable bonds is 3. The van der Waals surface area contributed by atoms with Crippen LogP contribution in [0.25, 0.3) is 22.4 Å². The van der Waals surface area contributed by atoms with Crippen molar-refractivity contribution in [3.8, 4) is 11.5 Å². The van der Waals surface area contributed by atoms with Gasteiger partial charge in [-0.3, -0.25) is 4.79 Å². The molecule has 1 aliphatic heterocycles. The summed E-state index contributed by atoms with van der Waals surface area (Å²) in [6.07, 6.45) is 1.65. The number of thiophene rings is 1. The molecule has 0 spiro atoms. The van der Waals surface area contributed by atoms with E-state index >= 15 is 0 Å². The molecule has 8 heteroatoms. The van der Waals surface area contributed by atoms with Crippen molar-refractivity contribution in [2.45, 2.75) is 18.8 Å². The Kier molecular flexibility index (Phi) is 4.48. The average molecular weight is 407 g/mol. The molecular weight excluding hydrogens is 390 g/mol. The monoisotopic (exact) mass is 407 g/mol. The van der Waals surface area contributed by atoms with E-state index in [9.17, 15) is 9.59 Å². The quantitative estimate of drug-likeness (QED) is 0.478. The Morgan fingerprint density at radius 2 is 2.07 bits per heavy atom. The SMILES string of the molecule is O=C(c1cc2ccccc2oc1=O)N1CCCC(c2nnc(-c3ccsc3)o2)C1. The predicted octanol–water partition coefficient (Wildman–Crippen LogP) is 3.92. The molecule has 7 nitrogen and oxygen atoms in total. The molecule has 1 atom stereocenters. The van der Waals surface area contributed by atoms with Crippen LogP contribution < -0.4 is 5.63 Å². The third-order valence-electron chi connectivity index (χ3n) is 5.14. The fourth-order valence-corrected chi connectivity index (χ4v) is 4.28. The number of benzene rings is 1. The maximum absolute atomic E-state index is 13.0. The maximum atomic E-state index is 13.0. The topological polar surface area (TPSA) is 89.4 Å². The Labute approximate surface area is 169 Å². The van der Waals surface area contributed by atoms with Crippen molar-refractivity contribution < 1.29 is 13.6 Å². The zero-order valence-electron chi connectivity index (χ0n) is 15.4. The molecule has 4 aromatic rings. The van der Waals surface area contributed by atoms with Crippen LogP contribution in [0.5, 0.6) is 0 Å². The molecule has 3 aromatic heterocycles. The third kappa shape index (κ3) is 3.36. The number of fused-ring (bicyclic) bond motifs is 1. The molecule has 0 saturated carbocycles. The van der Waals surface area contributed by atoms with Gasteiger partial charge in [0.15, 0.2) is 0 Å². The number of likely N-dealkylation sites (tertiary alicyclic amines) is 1. The van der Waals surface area contributed by atoms with Crippen molar-refractivity contribution in [3.05, 3.63) is 69.0 Å². The summed E-state index contributed by atoms with van der Waals surface area (Å²) in [4.78, 5) is 27.1. The van der Waals surface area contributed by atoms with E-state index < -0.39 is 5.63 Å². The largest absolute Gasteiger partial charge is 0.422 e. The number of hydrogen-bond acceptors (Lipinski definition) is 7. The summed E-state index contributed by atoms with van der Waals surface area (Å²) in [7, 11) is 0. The second-order valence-corrected chi connectivity index (χ2v) is 7.81. The van der Waals surface area contributed by atoms with E-state index in [-0.39, 0.29) is 17.4 Å². The van der Waals surface area contributed by atoms with Crippen molar-refractivity contribution in [1.82, 2.24) is 15.1 Å². The molecule has 1 unspecified atom stereocenters. The number of nitrogens with zero attached hydrogens (tertiary/aromatic N) is 3. The molecule has 0 radical (unpaired) electrons. The molecule has 0 bridgehead atoms. The van der Waals surface area contributed by atoms with Crippen LogP contribution in [0.3, 0.4) is 0 Å². The summed E-state index contributed by atoms with van der Waals surface area (Å²) in [5.74, 6) is 0.626. The van der Waals surface area contributed by atoms with Gasteiger partial charge in [-0.2, -0.15) is 11.3 Å². The van der Waals surface area contributed by atoms with Gasteiger partial charge in [0.1, 0.15) is 11.1 Å². The van der Waals surface area contributed by atoms with Crippen molar-refractivity contribution in [2.75, 3.05) is 13.1 Å². The standard InChI is InChI=1S/C21H17N3O4S/c25-20(16-10-13-4-1-2-6-17(13)27-21(16)26)24-8-3-5-14(11-24)18-22-23-19(28-18)15-7-9-29-12-15/h1-2,4,6-7,9-10,12,14H,3,5,8,11H2. The molecule has 1 saturated heterocycles. The maximum Gasteiger partial charge on any atom is 0.349 e. The zero-order chi connectivity index (χ0) is 19.8.